The molecule has 0 aliphatic heterocycles. The Bertz CT molecular complexity index is 174. The molecule has 5 heteroatoms. The third kappa shape index (κ3) is 8.35. The Morgan fingerprint density at radius 3 is 2.60 bits per heavy atom. The first kappa shape index (κ1) is 14.3. The van der Waals surface area contributed by atoms with Crippen molar-refractivity contribution in [2.45, 2.75) is 31.9 Å². The number of ether oxygens (including phenoxy) is 2. The van der Waals surface area contributed by atoms with Crippen LogP contribution >= 0.6 is 0 Å². The van der Waals surface area contributed by atoms with Crippen LogP contribution in [0.25, 0.3) is 0 Å². The smallest absolute Gasteiger partial charge is 0.220 e. The van der Waals surface area contributed by atoms with E-state index in [-0.39, 0.29) is 18.1 Å². The molecular formula is C10H22N2O3. The molecule has 90 valence electrons. The van der Waals surface area contributed by atoms with E-state index in [2.05, 4.69) is 5.32 Å². The van der Waals surface area contributed by atoms with Crippen LogP contribution in [0, 0.1) is 0 Å². The standard InChI is InChI=1S/C10H22N2O3/c1-8(11)4-5-10(13)12-6-9(15-3)7-14-2/h8-9H,4-7,11H2,1-3H3,(H,12,13). The maximum atomic E-state index is 11.3. The normalized spacial score (nSPS) is 14.7. The van der Waals surface area contributed by atoms with Crippen molar-refractivity contribution in [2.75, 3.05) is 27.4 Å². The zero-order chi connectivity index (χ0) is 11.7. The van der Waals surface area contributed by atoms with Crippen molar-refractivity contribution in [1.82, 2.24) is 5.32 Å². The Balaban J connectivity index is 3.59. The molecule has 0 saturated heterocycles. The van der Waals surface area contributed by atoms with E-state index in [0.29, 0.717) is 26.0 Å². The molecule has 0 heterocycles. The fraction of sp³-hybridized carbons (Fsp3) is 0.900. The number of carbonyl (C=O) groups excluding carboxylic acids is 1. The molecule has 0 rings (SSSR count). The molecule has 0 aromatic carbocycles. The summed E-state index contributed by atoms with van der Waals surface area (Å²) in [5.41, 5.74) is 5.55. The van der Waals surface area contributed by atoms with Crippen LogP contribution in [0.15, 0.2) is 0 Å². The van der Waals surface area contributed by atoms with E-state index in [0.717, 1.165) is 0 Å². The lowest BCUT2D eigenvalue weighted by molar-refractivity contribution is -0.122. The quantitative estimate of drug-likeness (QED) is 0.596. The number of amides is 1. The van der Waals surface area contributed by atoms with Crippen LogP contribution in [0.2, 0.25) is 0 Å². The van der Waals surface area contributed by atoms with Gasteiger partial charge < -0.3 is 20.5 Å². The number of hydrogen-bond acceptors (Lipinski definition) is 4. The zero-order valence-electron chi connectivity index (χ0n) is 9.79. The van der Waals surface area contributed by atoms with Crippen LogP contribution in [0.1, 0.15) is 19.8 Å². The fourth-order valence-corrected chi connectivity index (χ4v) is 1.07. The Kier molecular flexibility index (Phi) is 8.27. The fourth-order valence-electron chi connectivity index (χ4n) is 1.07. The highest BCUT2D eigenvalue weighted by atomic mass is 16.5. The van der Waals surface area contributed by atoms with Gasteiger partial charge in [0, 0.05) is 33.2 Å². The van der Waals surface area contributed by atoms with Crippen molar-refractivity contribution in [3.05, 3.63) is 0 Å². The summed E-state index contributed by atoms with van der Waals surface area (Å²) >= 11 is 0. The van der Waals surface area contributed by atoms with Crippen LogP contribution in [0.5, 0.6) is 0 Å². The van der Waals surface area contributed by atoms with Crippen LogP contribution in [0.3, 0.4) is 0 Å². The summed E-state index contributed by atoms with van der Waals surface area (Å²) in [6.07, 6.45) is 1.07. The third-order valence-corrected chi connectivity index (χ3v) is 2.04. The summed E-state index contributed by atoms with van der Waals surface area (Å²) in [6, 6.07) is 0.0629. The Labute approximate surface area is 91.3 Å². The molecule has 0 aromatic heterocycles. The van der Waals surface area contributed by atoms with Gasteiger partial charge in [-0.05, 0) is 13.3 Å². The third-order valence-electron chi connectivity index (χ3n) is 2.04. The number of rotatable bonds is 8. The van der Waals surface area contributed by atoms with E-state index in [4.69, 9.17) is 15.2 Å². The summed E-state index contributed by atoms with van der Waals surface area (Å²) in [7, 11) is 3.20. The summed E-state index contributed by atoms with van der Waals surface area (Å²) in [5, 5.41) is 2.77. The summed E-state index contributed by atoms with van der Waals surface area (Å²) < 4.78 is 10.0. The van der Waals surface area contributed by atoms with Gasteiger partial charge >= 0.3 is 0 Å². The molecule has 0 fully saturated rings. The first-order valence-corrected chi connectivity index (χ1v) is 5.14. The second-order valence-electron chi connectivity index (χ2n) is 3.63. The van der Waals surface area contributed by atoms with Gasteiger partial charge in [-0.3, -0.25) is 4.79 Å². The second kappa shape index (κ2) is 8.64. The molecule has 2 atom stereocenters. The average molecular weight is 218 g/mol. The summed E-state index contributed by atoms with van der Waals surface area (Å²) in [6.45, 7) is 2.84. The van der Waals surface area contributed by atoms with Gasteiger partial charge in [0.15, 0.2) is 0 Å². The molecule has 5 nitrogen and oxygen atoms in total. The minimum atomic E-state index is -0.0887. The molecule has 0 aliphatic carbocycles. The minimum absolute atomic E-state index is 0.00505. The highest BCUT2D eigenvalue weighted by molar-refractivity contribution is 5.75. The number of methoxy groups -OCH3 is 2. The van der Waals surface area contributed by atoms with Crippen LogP contribution < -0.4 is 11.1 Å². The molecule has 3 N–H and O–H groups in total. The second-order valence-corrected chi connectivity index (χ2v) is 3.63. The largest absolute Gasteiger partial charge is 0.382 e. The number of nitrogens with two attached hydrogens (primary N) is 1. The monoisotopic (exact) mass is 218 g/mol. The Morgan fingerprint density at radius 1 is 1.47 bits per heavy atom. The lowest BCUT2D eigenvalue weighted by atomic mass is 10.2. The SMILES string of the molecule is COCC(CNC(=O)CCC(C)N)OC. The van der Waals surface area contributed by atoms with Crippen molar-refractivity contribution in [2.24, 2.45) is 5.73 Å². The van der Waals surface area contributed by atoms with Crippen LogP contribution in [-0.2, 0) is 14.3 Å². The molecule has 1 amide bonds. The predicted octanol–water partition coefficient (Wildman–Crippen LogP) is -0.109. The topological polar surface area (TPSA) is 73.6 Å². The van der Waals surface area contributed by atoms with Crippen molar-refractivity contribution < 1.29 is 14.3 Å². The van der Waals surface area contributed by atoms with Crippen molar-refractivity contribution in [1.29, 1.82) is 0 Å². The number of nitrogens with one attached hydrogen (secondary N) is 1. The van der Waals surface area contributed by atoms with Gasteiger partial charge in [-0.2, -0.15) is 0 Å². The van der Waals surface area contributed by atoms with E-state index >= 15 is 0 Å². The minimum Gasteiger partial charge on any atom is -0.382 e. The van der Waals surface area contributed by atoms with Gasteiger partial charge in [0.05, 0.1) is 12.7 Å². The average Bonchev–Trinajstić information content (AvgIpc) is 2.21. The van der Waals surface area contributed by atoms with Gasteiger partial charge in [-0.15, -0.1) is 0 Å². The highest BCUT2D eigenvalue weighted by Crippen LogP contribution is 1.94. The van der Waals surface area contributed by atoms with Crippen molar-refractivity contribution in [3.63, 3.8) is 0 Å². The van der Waals surface area contributed by atoms with Gasteiger partial charge in [0.25, 0.3) is 0 Å². The first-order chi connectivity index (χ1) is 7.10. The first-order valence-electron chi connectivity index (χ1n) is 5.14. The molecule has 15 heavy (non-hydrogen) atoms. The molecule has 0 bridgehead atoms. The zero-order valence-corrected chi connectivity index (χ0v) is 9.79. The lowest BCUT2D eigenvalue weighted by Crippen LogP contribution is -2.36. The van der Waals surface area contributed by atoms with Gasteiger partial charge in [0.2, 0.25) is 5.91 Å². The lowest BCUT2D eigenvalue weighted by Gasteiger charge is -2.15. The molecular weight excluding hydrogens is 196 g/mol. The maximum absolute atomic E-state index is 11.3. The van der Waals surface area contributed by atoms with E-state index in [1.165, 1.54) is 0 Å². The Morgan fingerprint density at radius 2 is 2.13 bits per heavy atom. The van der Waals surface area contributed by atoms with Crippen LogP contribution in [-0.4, -0.2) is 45.4 Å². The summed E-state index contributed by atoms with van der Waals surface area (Å²) in [5.74, 6) is 0.00505. The molecule has 0 aliphatic rings. The van der Waals surface area contributed by atoms with Crippen LogP contribution in [0.4, 0.5) is 0 Å². The molecule has 2 unspecified atom stereocenters. The predicted molar refractivity (Wildman–Crippen MR) is 58.6 cm³/mol. The molecule has 0 spiro atoms. The van der Waals surface area contributed by atoms with Gasteiger partial charge in [0.1, 0.15) is 0 Å². The molecule has 0 aromatic rings. The summed E-state index contributed by atoms with van der Waals surface area (Å²) in [4.78, 5) is 11.3. The highest BCUT2D eigenvalue weighted by Gasteiger charge is 2.09. The van der Waals surface area contributed by atoms with E-state index in [1.807, 2.05) is 6.92 Å². The van der Waals surface area contributed by atoms with Crippen molar-refractivity contribution in [3.8, 4) is 0 Å². The van der Waals surface area contributed by atoms with E-state index in [9.17, 15) is 4.79 Å². The van der Waals surface area contributed by atoms with Crippen molar-refractivity contribution >= 4 is 5.91 Å². The molecule has 0 saturated carbocycles. The van der Waals surface area contributed by atoms with Gasteiger partial charge in [-0.1, -0.05) is 0 Å². The maximum Gasteiger partial charge on any atom is 0.220 e. The van der Waals surface area contributed by atoms with Gasteiger partial charge in [-0.25, -0.2) is 0 Å². The number of hydrogen-bond donors (Lipinski definition) is 2. The molecule has 0 radical (unpaired) electrons. The Hall–Kier alpha value is -0.650. The van der Waals surface area contributed by atoms with E-state index < -0.39 is 0 Å². The number of carbonyl (C=O) groups is 1. The van der Waals surface area contributed by atoms with E-state index in [1.54, 1.807) is 14.2 Å².